The lowest BCUT2D eigenvalue weighted by Crippen LogP contribution is -1.54. The van der Waals surface area contributed by atoms with Crippen LogP contribution in [-0.4, -0.2) is 0 Å². The van der Waals surface area contributed by atoms with Crippen LogP contribution in [0.25, 0.3) is 0 Å². The Hall–Kier alpha value is -0.460. The Labute approximate surface area is 38.9 Å². The van der Waals surface area contributed by atoms with Gasteiger partial charge < -0.3 is 4.61 Å². The van der Waals surface area contributed by atoms with Crippen molar-refractivity contribution in [1.29, 1.82) is 4.61 Å². The van der Waals surface area contributed by atoms with Crippen molar-refractivity contribution >= 4 is 10.5 Å². The van der Waals surface area contributed by atoms with Crippen LogP contribution in [-0.2, 0) is 10.5 Å². The summed E-state index contributed by atoms with van der Waals surface area (Å²) in [5.74, 6) is 0. The molecule has 0 saturated carbocycles. The monoisotopic (exact) mass is 98.0 g/mol. The highest BCUT2D eigenvalue weighted by molar-refractivity contribution is 7.89. The third kappa shape index (κ3) is 0.534. The molecule has 0 atom stereocenters. The van der Waals surface area contributed by atoms with Gasteiger partial charge in [0, 0.05) is 0 Å². The quantitative estimate of drug-likeness (QED) is 0.416. The number of allylic oxidation sites excluding steroid dienone is 2. The van der Waals surface area contributed by atoms with Gasteiger partial charge in [-0.15, -0.1) is 0 Å². The van der Waals surface area contributed by atoms with E-state index in [9.17, 15) is 0 Å². The zero-order valence-corrected chi connectivity index (χ0v) is 3.98. The SMILES string of the molecule is N#[S-]1C=CC=C1. The summed E-state index contributed by atoms with van der Waals surface area (Å²) in [6, 6.07) is 0. The highest BCUT2D eigenvalue weighted by Gasteiger charge is 1.65. The van der Waals surface area contributed by atoms with E-state index < -0.39 is 10.5 Å². The lowest BCUT2D eigenvalue weighted by atomic mass is 10.6. The van der Waals surface area contributed by atoms with Gasteiger partial charge in [0.1, 0.15) is 0 Å². The van der Waals surface area contributed by atoms with Crippen LogP contribution >= 0.6 is 0 Å². The van der Waals surface area contributed by atoms with Gasteiger partial charge in [-0.1, -0.05) is 12.2 Å². The molecule has 0 bridgehead atoms. The van der Waals surface area contributed by atoms with E-state index in [1.54, 1.807) is 10.8 Å². The number of nitrogens with zero attached hydrogens (tertiary/aromatic N) is 1. The first-order chi connectivity index (χ1) is 2.89. The van der Waals surface area contributed by atoms with Crippen molar-refractivity contribution in [3.05, 3.63) is 23.0 Å². The van der Waals surface area contributed by atoms with Gasteiger partial charge in [0.25, 0.3) is 0 Å². The topological polar surface area (TPSA) is 23.8 Å². The molecule has 0 amide bonds. The normalized spacial score (nSPS) is 19.8. The van der Waals surface area contributed by atoms with Crippen molar-refractivity contribution in [2.75, 3.05) is 0 Å². The number of hydrogen-bond acceptors (Lipinski definition) is 2. The average molecular weight is 98.1 g/mol. The maximum Gasteiger partial charge on any atom is -0.0881 e. The van der Waals surface area contributed by atoms with Crippen molar-refractivity contribution in [2.24, 2.45) is 0 Å². The molecule has 0 aliphatic carbocycles. The number of hydrogen-bond donors (Lipinski definition) is 0. The predicted octanol–water partition coefficient (Wildman–Crippen LogP) is 1.13. The van der Waals surface area contributed by atoms with Gasteiger partial charge in [-0.05, 0) is 0 Å². The van der Waals surface area contributed by atoms with Gasteiger partial charge in [0.2, 0.25) is 0 Å². The van der Waals surface area contributed by atoms with E-state index >= 15 is 0 Å². The van der Waals surface area contributed by atoms with Gasteiger partial charge in [-0.2, -0.15) is 10.8 Å². The second-order valence-electron chi connectivity index (χ2n) is 1.00. The van der Waals surface area contributed by atoms with Crippen molar-refractivity contribution in [1.82, 2.24) is 0 Å². The van der Waals surface area contributed by atoms with Crippen LogP contribution in [0.4, 0.5) is 0 Å². The molecule has 0 unspecified atom stereocenters. The summed E-state index contributed by atoms with van der Waals surface area (Å²) in [4.78, 5) is 0. The Morgan fingerprint density at radius 3 is 1.83 bits per heavy atom. The van der Waals surface area contributed by atoms with E-state index in [-0.39, 0.29) is 0 Å². The summed E-state index contributed by atoms with van der Waals surface area (Å²) in [6.07, 6.45) is 3.67. The molecule has 0 radical (unpaired) electrons. The zero-order chi connectivity index (χ0) is 4.41. The molecule has 6 heavy (non-hydrogen) atoms. The summed E-state index contributed by atoms with van der Waals surface area (Å²) in [7, 11) is -0.534. The highest BCUT2D eigenvalue weighted by Crippen LogP contribution is 1.94. The van der Waals surface area contributed by atoms with Crippen LogP contribution in [0.1, 0.15) is 0 Å². The molecule has 1 aliphatic heterocycles. The predicted molar refractivity (Wildman–Crippen MR) is 27.4 cm³/mol. The first-order valence-electron chi connectivity index (χ1n) is 1.65. The lowest BCUT2D eigenvalue weighted by Gasteiger charge is -1.84. The maximum atomic E-state index is 8.58. The van der Waals surface area contributed by atoms with Crippen molar-refractivity contribution < 1.29 is 0 Å². The fourth-order valence-corrected chi connectivity index (χ4v) is 0.891. The second kappa shape index (κ2) is 1.33. The minimum atomic E-state index is -0.534. The van der Waals surface area contributed by atoms with Gasteiger partial charge in [-0.3, -0.25) is 10.5 Å². The fourth-order valence-electron chi connectivity index (χ4n) is 0.297. The van der Waals surface area contributed by atoms with Crippen molar-refractivity contribution in [3.63, 3.8) is 0 Å². The molecule has 0 N–H and O–H groups in total. The largest absolute Gasteiger partial charge is 0.423 e. The molecule has 0 aromatic rings. The maximum absolute atomic E-state index is 8.58. The molecule has 1 heterocycles. The zero-order valence-electron chi connectivity index (χ0n) is 3.16. The van der Waals surface area contributed by atoms with Crippen molar-refractivity contribution in [2.45, 2.75) is 0 Å². The Morgan fingerprint density at radius 2 is 1.67 bits per heavy atom. The van der Waals surface area contributed by atoms with E-state index in [4.69, 9.17) is 4.61 Å². The minimum absolute atomic E-state index is 0.534. The molecule has 1 rings (SSSR count). The summed E-state index contributed by atoms with van der Waals surface area (Å²) in [5, 5.41) is 3.50. The molecule has 2 heteroatoms. The summed E-state index contributed by atoms with van der Waals surface area (Å²) in [5.41, 5.74) is 0. The molecule has 32 valence electrons. The van der Waals surface area contributed by atoms with Crippen LogP contribution in [0.15, 0.2) is 23.0 Å². The number of rotatable bonds is 0. The van der Waals surface area contributed by atoms with Crippen LogP contribution < -0.4 is 0 Å². The van der Waals surface area contributed by atoms with E-state index in [1.807, 2.05) is 12.2 Å². The van der Waals surface area contributed by atoms with Crippen molar-refractivity contribution in [3.8, 4) is 0 Å². The lowest BCUT2D eigenvalue weighted by molar-refractivity contribution is 1.65. The van der Waals surface area contributed by atoms with Crippen LogP contribution in [0.5, 0.6) is 0 Å². The van der Waals surface area contributed by atoms with Crippen LogP contribution in [0.3, 0.4) is 0 Å². The molecule has 1 nitrogen and oxygen atoms in total. The first kappa shape index (κ1) is 3.72. The molecular formula is C4H4NS-. The summed E-state index contributed by atoms with van der Waals surface area (Å²) in [6.45, 7) is 0. The van der Waals surface area contributed by atoms with Gasteiger partial charge >= 0.3 is 0 Å². The molecule has 0 aromatic heterocycles. The fraction of sp³-hybridized carbons (Fsp3) is 0. The smallest absolute Gasteiger partial charge is 0.0881 e. The standard InChI is InChI=1S/C4H4NS/c5-6-3-1-2-4-6/h1-4H/q-1. The Kier molecular flexibility index (Phi) is 0.825. The van der Waals surface area contributed by atoms with Crippen LogP contribution in [0, 0.1) is 4.61 Å². The van der Waals surface area contributed by atoms with Gasteiger partial charge in [0.05, 0.1) is 0 Å². The molecule has 0 aromatic carbocycles. The first-order valence-corrected chi connectivity index (χ1v) is 2.96. The molecule has 0 fully saturated rings. The van der Waals surface area contributed by atoms with E-state index in [1.165, 1.54) is 0 Å². The van der Waals surface area contributed by atoms with E-state index in [2.05, 4.69) is 0 Å². The third-order valence-corrected chi connectivity index (χ3v) is 1.42. The third-order valence-electron chi connectivity index (χ3n) is 0.547. The molecular weight excluding hydrogens is 94.1 g/mol. The van der Waals surface area contributed by atoms with Gasteiger partial charge in [-0.25, -0.2) is 0 Å². The minimum Gasteiger partial charge on any atom is -0.423 e. The Bertz CT molecular complexity index is 142. The van der Waals surface area contributed by atoms with Crippen LogP contribution in [0.2, 0.25) is 0 Å². The summed E-state index contributed by atoms with van der Waals surface area (Å²) < 4.78 is 8.58. The highest BCUT2D eigenvalue weighted by atomic mass is 32.2. The Balaban J connectivity index is 2.96. The molecule has 1 aliphatic rings. The second-order valence-corrected chi connectivity index (χ2v) is 2.24. The molecule has 0 spiro atoms. The molecule has 0 saturated heterocycles. The van der Waals surface area contributed by atoms with E-state index in [0.717, 1.165) is 0 Å². The summed E-state index contributed by atoms with van der Waals surface area (Å²) >= 11 is 0. The average Bonchev–Trinajstić information content (AvgIpc) is 1.86. The van der Waals surface area contributed by atoms with Gasteiger partial charge in [0.15, 0.2) is 0 Å². The van der Waals surface area contributed by atoms with E-state index in [0.29, 0.717) is 0 Å². The Morgan fingerprint density at radius 1 is 1.17 bits per heavy atom.